The van der Waals surface area contributed by atoms with Gasteiger partial charge in [0.15, 0.2) is 0 Å². The number of nitrogens with two attached hydrogens (primary N) is 1. The molecule has 0 aliphatic heterocycles. The molecule has 4 nitrogen and oxygen atoms in total. The molecule has 0 bridgehead atoms. The molecule has 0 aromatic heterocycles. The van der Waals surface area contributed by atoms with Gasteiger partial charge in [-0.3, -0.25) is 9.59 Å². The van der Waals surface area contributed by atoms with Crippen LogP contribution in [0.15, 0.2) is 0 Å². The van der Waals surface area contributed by atoms with Crippen LogP contribution in [-0.4, -0.2) is 28.8 Å². The van der Waals surface area contributed by atoms with Crippen molar-refractivity contribution in [2.24, 2.45) is 5.73 Å². The Morgan fingerprint density at radius 1 is 0.625 bits per heavy atom. The van der Waals surface area contributed by atoms with Crippen LogP contribution in [0.2, 0.25) is 0 Å². The molecule has 2 saturated carbocycles. The third kappa shape index (κ3) is 13.5. The molecule has 0 atom stereocenters. The largest absolute Gasteiger partial charge is 0.370 e. The van der Waals surface area contributed by atoms with Gasteiger partial charge in [-0.1, -0.05) is 63.2 Å². The molecule has 2 aliphatic rings. The second kappa shape index (κ2) is 16.7. The Bertz CT molecular complexity index is 659. The molecule has 2 amide bonds. The van der Waals surface area contributed by atoms with E-state index < -0.39 is 0 Å². The average Bonchev–Trinajstić information content (AvgIpc) is 3.68. The smallest absolute Gasteiger partial charge is 0.223 e. The Kier molecular flexibility index (Phi) is 13.7. The van der Waals surface area contributed by atoms with Gasteiger partial charge in [-0.05, 0) is 63.2 Å². The molecule has 2 aliphatic carbocycles. The highest BCUT2D eigenvalue weighted by Crippen LogP contribution is 2.37. The second-order valence-corrected chi connectivity index (χ2v) is 9.58. The summed E-state index contributed by atoms with van der Waals surface area (Å²) in [5.74, 6) is 12.5. The summed E-state index contributed by atoms with van der Waals surface area (Å²) in [4.78, 5) is 25.3. The first-order valence-electron chi connectivity index (χ1n) is 13.2. The molecular weight excluding hydrogens is 396 g/mol. The highest BCUT2D eigenvalue weighted by molar-refractivity contribution is 5.77. The molecule has 0 aromatic carbocycles. The maximum atomic E-state index is 12.4. The Hall–Kier alpha value is -1.94. The van der Waals surface area contributed by atoms with Gasteiger partial charge in [0.2, 0.25) is 11.8 Å². The van der Waals surface area contributed by atoms with Crippen LogP contribution in [0.3, 0.4) is 0 Å². The predicted molar refractivity (Wildman–Crippen MR) is 132 cm³/mol. The summed E-state index contributed by atoms with van der Waals surface area (Å²) in [6.07, 6.45) is 21.9. The Morgan fingerprint density at radius 3 is 1.47 bits per heavy atom. The fourth-order valence-electron chi connectivity index (χ4n) is 4.17. The van der Waals surface area contributed by atoms with Gasteiger partial charge in [0.05, 0.1) is 0 Å². The molecule has 0 aromatic rings. The topological polar surface area (TPSA) is 63.4 Å². The predicted octanol–water partition coefficient (Wildman–Crippen LogP) is 5.87. The lowest BCUT2D eigenvalue weighted by Gasteiger charge is -2.22. The minimum atomic E-state index is -0.190. The van der Waals surface area contributed by atoms with E-state index in [-0.39, 0.29) is 5.91 Å². The number of primary amides is 1. The number of hydrogen-bond donors (Lipinski definition) is 1. The molecule has 178 valence electrons. The lowest BCUT2D eigenvalue weighted by atomic mass is 10.1. The van der Waals surface area contributed by atoms with Crippen LogP contribution in [0.4, 0.5) is 0 Å². The maximum absolute atomic E-state index is 12.4. The van der Waals surface area contributed by atoms with Crippen molar-refractivity contribution in [2.45, 2.75) is 141 Å². The number of nitrogens with zero attached hydrogens (tertiary/aromatic N) is 1. The molecule has 0 unspecified atom stereocenters. The van der Waals surface area contributed by atoms with Gasteiger partial charge >= 0.3 is 0 Å². The van der Waals surface area contributed by atoms with Crippen LogP contribution < -0.4 is 5.73 Å². The molecule has 2 N–H and O–H groups in total. The van der Waals surface area contributed by atoms with Crippen molar-refractivity contribution >= 4 is 11.8 Å². The molecule has 0 spiro atoms. The monoisotopic (exact) mass is 440 g/mol. The second-order valence-electron chi connectivity index (χ2n) is 9.58. The number of unbranched alkanes of at least 4 members (excludes halogenated alkanes) is 12. The standard InChI is InChI=1S/C28H44N2O2/c29-27(31)19-17-15-13-11-9-7-5-3-1-2-4-6-8-10-12-14-16-18-20-28(32)30(25-21-22-25)26-23-24-26/h25-26H,5-24H2,(H2,29,31). The lowest BCUT2D eigenvalue weighted by Crippen LogP contribution is -2.34. The van der Waals surface area contributed by atoms with E-state index in [0.29, 0.717) is 24.4 Å². The van der Waals surface area contributed by atoms with E-state index in [0.717, 1.165) is 51.4 Å². The molecule has 2 rings (SSSR count). The number of carbonyl (C=O) groups is 2. The zero-order chi connectivity index (χ0) is 22.9. The van der Waals surface area contributed by atoms with Crippen LogP contribution in [0.25, 0.3) is 0 Å². The summed E-state index contributed by atoms with van der Waals surface area (Å²) < 4.78 is 0. The number of carbonyl (C=O) groups excluding carboxylic acids is 2. The first kappa shape index (κ1) is 26.3. The van der Waals surface area contributed by atoms with Gasteiger partial charge in [-0.15, -0.1) is 0 Å². The fourth-order valence-corrected chi connectivity index (χ4v) is 4.17. The quantitative estimate of drug-likeness (QED) is 0.214. The molecule has 0 heterocycles. The van der Waals surface area contributed by atoms with Crippen molar-refractivity contribution in [1.82, 2.24) is 4.90 Å². The minimum Gasteiger partial charge on any atom is -0.370 e. The maximum Gasteiger partial charge on any atom is 0.223 e. The average molecular weight is 441 g/mol. The highest BCUT2D eigenvalue weighted by Gasteiger charge is 2.41. The third-order valence-electron chi connectivity index (χ3n) is 6.33. The molecule has 2 fully saturated rings. The summed E-state index contributed by atoms with van der Waals surface area (Å²) in [6.45, 7) is 0. The third-order valence-corrected chi connectivity index (χ3v) is 6.33. The van der Waals surface area contributed by atoms with Crippen molar-refractivity contribution in [3.05, 3.63) is 0 Å². The van der Waals surface area contributed by atoms with Gasteiger partial charge < -0.3 is 10.6 Å². The van der Waals surface area contributed by atoms with Crippen molar-refractivity contribution in [1.29, 1.82) is 0 Å². The number of rotatable bonds is 18. The van der Waals surface area contributed by atoms with E-state index in [1.165, 1.54) is 70.6 Å². The number of amides is 2. The first-order chi connectivity index (χ1) is 15.7. The summed E-state index contributed by atoms with van der Waals surface area (Å²) in [6, 6.07) is 1.19. The normalized spacial score (nSPS) is 14.8. The van der Waals surface area contributed by atoms with E-state index >= 15 is 0 Å². The van der Waals surface area contributed by atoms with E-state index in [9.17, 15) is 9.59 Å². The number of hydrogen-bond acceptors (Lipinski definition) is 2. The SMILES string of the molecule is NC(=O)CCCCCCCCC#CC#CCCCCCCCCC(=O)N(C1CC1)C1CC1. The minimum absolute atomic E-state index is 0.190. The van der Waals surface area contributed by atoms with E-state index in [1.54, 1.807) is 0 Å². The first-order valence-corrected chi connectivity index (χ1v) is 13.2. The molecular formula is C28H44N2O2. The molecule has 0 saturated heterocycles. The molecule has 32 heavy (non-hydrogen) atoms. The van der Waals surface area contributed by atoms with Crippen molar-refractivity contribution in [3.8, 4) is 23.7 Å². The fraction of sp³-hybridized carbons (Fsp3) is 0.786. The molecule has 0 radical (unpaired) electrons. The van der Waals surface area contributed by atoms with Crippen molar-refractivity contribution in [3.63, 3.8) is 0 Å². The van der Waals surface area contributed by atoms with Gasteiger partial charge in [0.1, 0.15) is 0 Å². The Morgan fingerprint density at radius 2 is 1.03 bits per heavy atom. The van der Waals surface area contributed by atoms with Crippen LogP contribution >= 0.6 is 0 Å². The van der Waals surface area contributed by atoms with Crippen LogP contribution in [0, 0.1) is 23.7 Å². The van der Waals surface area contributed by atoms with Crippen molar-refractivity contribution in [2.75, 3.05) is 0 Å². The lowest BCUT2D eigenvalue weighted by molar-refractivity contribution is -0.132. The van der Waals surface area contributed by atoms with Crippen LogP contribution in [0.5, 0.6) is 0 Å². The van der Waals surface area contributed by atoms with E-state index in [4.69, 9.17) is 5.73 Å². The van der Waals surface area contributed by atoms with Gasteiger partial charge in [-0.2, -0.15) is 0 Å². The van der Waals surface area contributed by atoms with Crippen LogP contribution in [0.1, 0.15) is 128 Å². The van der Waals surface area contributed by atoms with Gasteiger partial charge in [0.25, 0.3) is 0 Å². The molecule has 4 heteroatoms. The summed E-state index contributed by atoms with van der Waals surface area (Å²) in [5.41, 5.74) is 5.13. The van der Waals surface area contributed by atoms with Crippen LogP contribution in [-0.2, 0) is 9.59 Å². The zero-order valence-electron chi connectivity index (χ0n) is 20.1. The Balaban J connectivity index is 1.31. The summed E-state index contributed by atoms with van der Waals surface area (Å²) in [5, 5.41) is 0. The van der Waals surface area contributed by atoms with E-state index in [1.807, 2.05) is 0 Å². The summed E-state index contributed by atoms with van der Waals surface area (Å²) >= 11 is 0. The van der Waals surface area contributed by atoms with Crippen molar-refractivity contribution < 1.29 is 9.59 Å². The van der Waals surface area contributed by atoms with Gasteiger partial charge in [0, 0.05) is 37.8 Å². The summed E-state index contributed by atoms with van der Waals surface area (Å²) in [7, 11) is 0. The highest BCUT2D eigenvalue weighted by atomic mass is 16.2. The van der Waals surface area contributed by atoms with E-state index in [2.05, 4.69) is 28.6 Å². The van der Waals surface area contributed by atoms with Gasteiger partial charge in [-0.25, -0.2) is 0 Å². The Labute approximate surface area is 196 Å². The zero-order valence-corrected chi connectivity index (χ0v) is 20.1.